The Morgan fingerprint density at radius 2 is 2.21 bits per heavy atom. The van der Waals surface area contributed by atoms with Crippen molar-refractivity contribution in [2.75, 3.05) is 7.11 Å². The van der Waals surface area contributed by atoms with E-state index in [2.05, 4.69) is 34.7 Å². The molecular formula is C11H16INO. The van der Waals surface area contributed by atoms with Crippen molar-refractivity contribution in [3.63, 3.8) is 0 Å². The predicted molar refractivity (Wildman–Crippen MR) is 67.7 cm³/mol. The summed E-state index contributed by atoms with van der Waals surface area (Å²) < 4.78 is 6.46. The molecule has 1 atom stereocenters. The quantitative estimate of drug-likeness (QED) is 0.868. The molecule has 0 heterocycles. The van der Waals surface area contributed by atoms with Crippen LogP contribution >= 0.6 is 22.6 Å². The van der Waals surface area contributed by atoms with Crippen LogP contribution in [0.15, 0.2) is 18.2 Å². The first kappa shape index (κ1) is 11.8. The molecule has 0 saturated heterocycles. The van der Waals surface area contributed by atoms with Crippen LogP contribution in [0, 0.1) is 3.57 Å². The molecule has 1 aromatic rings. The molecule has 3 heteroatoms. The second-order valence-corrected chi connectivity index (χ2v) is 4.64. The fourth-order valence-electron chi connectivity index (χ4n) is 1.25. The largest absolute Gasteiger partial charge is 0.497 e. The van der Waals surface area contributed by atoms with E-state index in [-0.39, 0.29) is 6.04 Å². The maximum Gasteiger partial charge on any atom is 0.119 e. The summed E-state index contributed by atoms with van der Waals surface area (Å²) in [6.45, 7) is 2.03. The van der Waals surface area contributed by atoms with Crippen molar-refractivity contribution in [3.8, 4) is 5.75 Å². The maximum atomic E-state index is 5.73. The molecule has 0 amide bonds. The van der Waals surface area contributed by atoms with E-state index in [4.69, 9.17) is 10.5 Å². The SMILES string of the molecule is COc1ccc(I)c(CCC(C)N)c1. The van der Waals surface area contributed by atoms with Crippen molar-refractivity contribution in [3.05, 3.63) is 27.3 Å². The van der Waals surface area contributed by atoms with Gasteiger partial charge in [0.05, 0.1) is 7.11 Å². The Labute approximate surface area is 99.0 Å². The molecule has 2 nitrogen and oxygen atoms in total. The van der Waals surface area contributed by atoms with Crippen LogP contribution < -0.4 is 10.5 Å². The number of aryl methyl sites for hydroxylation is 1. The van der Waals surface area contributed by atoms with E-state index in [0.717, 1.165) is 18.6 Å². The highest BCUT2D eigenvalue weighted by Crippen LogP contribution is 2.20. The highest BCUT2D eigenvalue weighted by atomic mass is 127. The van der Waals surface area contributed by atoms with Crippen LogP contribution in [0.4, 0.5) is 0 Å². The van der Waals surface area contributed by atoms with Crippen molar-refractivity contribution in [1.82, 2.24) is 0 Å². The fraction of sp³-hybridized carbons (Fsp3) is 0.455. The minimum absolute atomic E-state index is 0.261. The first-order chi connectivity index (χ1) is 6.63. The molecule has 78 valence electrons. The van der Waals surface area contributed by atoms with Gasteiger partial charge >= 0.3 is 0 Å². The highest BCUT2D eigenvalue weighted by molar-refractivity contribution is 14.1. The predicted octanol–water partition coefficient (Wildman–Crippen LogP) is 2.58. The monoisotopic (exact) mass is 305 g/mol. The molecule has 14 heavy (non-hydrogen) atoms. The number of methoxy groups -OCH3 is 1. The smallest absolute Gasteiger partial charge is 0.119 e. The third-order valence-corrected chi connectivity index (χ3v) is 3.17. The number of nitrogens with two attached hydrogens (primary N) is 1. The van der Waals surface area contributed by atoms with Crippen LogP contribution in [-0.2, 0) is 6.42 Å². The van der Waals surface area contributed by atoms with Crippen LogP contribution in [0.3, 0.4) is 0 Å². The summed E-state index contributed by atoms with van der Waals surface area (Å²) in [6, 6.07) is 6.41. The van der Waals surface area contributed by atoms with Gasteiger partial charge in [-0.25, -0.2) is 0 Å². The minimum atomic E-state index is 0.261. The lowest BCUT2D eigenvalue weighted by atomic mass is 10.1. The lowest BCUT2D eigenvalue weighted by Crippen LogP contribution is -2.15. The average Bonchev–Trinajstić information content (AvgIpc) is 2.16. The van der Waals surface area contributed by atoms with Gasteiger partial charge < -0.3 is 10.5 Å². The maximum absolute atomic E-state index is 5.73. The zero-order valence-corrected chi connectivity index (χ0v) is 10.7. The highest BCUT2D eigenvalue weighted by Gasteiger charge is 2.03. The van der Waals surface area contributed by atoms with Gasteiger partial charge in [-0.05, 0) is 66.1 Å². The minimum Gasteiger partial charge on any atom is -0.497 e. The molecule has 0 radical (unpaired) electrons. The number of hydrogen-bond acceptors (Lipinski definition) is 2. The Hall–Kier alpha value is -0.290. The summed E-state index contributed by atoms with van der Waals surface area (Å²) in [7, 11) is 1.69. The molecule has 1 rings (SSSR count). The van der Waals surface area contributed by atoms with E-state index < -0.39 is 0 Å². The summed E-state index contributed by atoms with van der Waals surface area (Å²) in [6.07, 6.45) is 2.04. The molecule has 1 unspecified atom stereocenters. The summed E-state index contributed by atoms with van der Waals surface area (Å²) in [4.78, 5) is 0. The fourth-order valence-corrected chi connectivity index (χ4v) is 1.86. The molecule has 0 aromatic heterocycles. The summed E-state index contributed by atoms with van der Waals surface area (Å²) in [5, 5.41) is 0. The number of rotatable bonds is 4. The van der Waals surface area contributed by atoms with Crippen LogP contribution in [0.2, 0.25) is 0 Å². The van der Waals surface area contributed by atoms with Gasteiger partial charge in [0.25, 0.3) is 0 Å². The number of benzene rings is 1. The van der Waals surface area contributed by atoms with E-state index in [1.165, 1.54) is 9.13 Å². The number of ether oxygens (including phenoxy) is 1. The summed E-state index contributed by atoms with van der Waals surface area (Å²) >= 11 is 2.34. The van der Waals surface area contributed by atoms with Crippen molar-refractivity contribution >= 4 is 22.6 Å². The van der Waals surface area contributed by atoms with Crippen molar-refractivity contribution in [2.24, 2.45) is 5.73 Å². The van der Waals surface area contributed by atoms with E-state index >= 15 is 0 Å². The molecule has 0 aliphatic heterocycles. The molecule has 0 aliphatic rings. The van der Waals surface area contributed by atoms with Crippen LogP contribution in [0.1, 0.15) is 18.9 Å². The van der Waals surface area contributed by atoms with Gasteiger partial charge in [0, 0.05) is 9.61 Å². The van der Waals surface area contributed by atoms with Crippen LogP contribution in [-0.4, -0.2) is 13.2 Å². The van der Waals surface area contributed by atoms with Gasteiger partial charge in [-0.2, -0.15) is 0 Å². The Bertz CT molecular complexity index is 299. The lowest BCUT2D eigenvalue weighted by Gasteiger charge is -2.08. The third kappa shape index (κ3) is 3.46. The van der Waals surface area contributed by atoms with Crippen molar-refractivity contribution < 1.29 is 4.74 Å². The normalized spacial score (nSPS) is 12.6. The Morgan fingerprint density at radius 3 is 2.79 bits per heavy atom. The lowest BCUT2D eigenvalue weighted by molar-refractivity contribution is 0.414. The van der Waals surface area contributed by atoms with Gasteiger partial charge in [-0.3, -0.25) is 0 Å². The molecule has 0 aliphatic carbocycles. The van der Waals surface area contributed by atoms with E-state index in [0.29, 0.717) is 0 Å². The van der Waals surface area contributed by atoms with Crippen molar-refractivity contribution in [2.45, 2.75) is 25.8 Å². The van der Waals surface area contributed by atoms with Gasteiger partial charge in [-0.1, -0.05) is 0 Å². The molecule has 0 bridgehead atoms. The Kier molecular flexibility index (Phi) is 4.68. The molecule has 0 saturated carbocycles. The zero-order valence-electron chi connectivity index (χ0n) is 8.59. The first-order valence-electron chi connectivity index (χ1n) is 4.71. The van der Waals surface area contributed by atoms with E-state index in [1.54, 1.807) is 7.11 Å². The molecule has 0 spiro atoms. The zero-order chi connectivity index (χ0) is 10.6. The average molecular weight is 305 g/mol. The first-order valence-corrected chi connectivity index (χ1v) is 5.79. The van der Waals surface area contributed by atoms with Gasteiger partial charge in [-0.15, -0.1) is 0 Å². The topological polar surface area (TPSA) is 35.2 Å². The van der Waals surface area contributed by atoms with Crippen LogP contribution in [0.25, 0.3) is 0 Å². The number of hydrogen-bond donors (Lipinski definition) is 1. The standard InChI is InChI=1S/C11H16INO/c1-8(13)3-4-9-7-10(14-2)5-6-11(9)12/h5-8H,3-4,13H2,1-2H3. The molecule has 0 fully saturated rings. The second-order valence-electron chi connectivity index (χ2n) is 3.47. The molecular weight excluding hydrogens is 289 g/mol. The van der Waals surface area contributed by atoms with Crippen LogP contribution in [0.5, 0.6) is 5.75 Å². The van der Waals surface area contributed by atoms with E-state index in [9.17, 15) is 0 Å². The Balaban J connectivity index is 2.73. The van der Waals surface area contributed by atoms with Gasteiger partial charge in [0.1, 0.15) is 5.75 Å². The van der Waals surface area contributed by atoms with Crippen molar-refractivity contribution in [1.29, 1.82) is 0 Å². The Morgan fingerprint density at radius 1 is 1.50 bits per heavy atom. The van der Waals surface area contributed by atoms with Gasteiger partial charge in [0.2, 0.25) is 0 Å². The summed E-state index contributed by atoms with van der Waals surface area (Å²) in [5.74, 6) is 0.921. The number of halogens is 1. The second kappa shape index (κ2) is 5.56. The molecule has 2 N–H and O–H groups in total. The van der Waals surface area contributed by atoms with Gasteiger partial charge in [0.15, 0.2) is 0 Å². The summed E-state index contributed by atoms with van der Waals surface area (Å²) in [5.41, 5.74) is 7.05. The van der Waals surface area contributed by atoms with E-state index in [1.807, 2.05) is 13.0 Å². The molecule has 1 aromatic carbocycles. The third-order valence-electron chi connectivity index (χ3n) is 2.12.